The molecule has 0 atom stereocenters. The van der Waals surface area contributed by atoms with Gasteiger partial charge in [-0.3, -0.25) is 4.98 Å². The van der Waals surface area contributed by atoms with Gasteiger partial charge in [-0.05, 0) is 73.6 Å². The number of hydrogen-bond acceptors (Lipinski definition) is 2. The smallest absolute Gasteiger partial charge is 0.125 e. The standard InChI is InChI=1S/C22H19F2N3/c23-15-5-7-19-18(11-15)17(9-10-25-19)13-1-3-14(4-2-13)22-26-20-8-6-16(24)12-21(20)27-22/h5-14H,1-4H2,(H,26,27)/t13-,14-. The maximum Gasteiger partial charge on any atom is 0.125 e. The number of aromatic nitrogens is 3. The van der Waals surface area contributed by atoms with Crippen molar-refractivity contribution >= 4 is 21.9 Å². The maximum atomic E-state index is 13.7. The van der Waals surface area contributed by atoms with E-state index in [1.807, 2.05) is 12.3 Å². The molecule has 0 spiro atoms. The van der Waals surface area contributed by atoms with Crippen molar-refractivity contribution in [3.63, 3.8) is 0 Å². The summed E-state index contributed by atoms with van der Waals surface area (Å²) in [6, 6.07) is 11.5. The van der Waals surface area contributed by atoms with E-state index in [-0.39, 0.29) is 11.6 Å². The minimum Gasteiger partial charge on any atom is -0.342 e. The summed E-state index contributed by atoms with van der Waals surface area (Å²) in [4.78, 5) is 12.3. The van der Waals surface area contributed by atoms with Crippen molar-refractivity contribution in [2.45, 2.75) is 37.5 Å². The molecule has 1 fully saturated rings. The van der Waals surface area contributed by atoms with E-state index in [0.29, 0.717) is 17.4 Å². The lowest BCUT2D eigenvalue weighted by atomic mass is 9.77. The molecule has 2 aromatic heterocycles. The second kappa shape index (κ2) is 6.41. The second-order valence-corrected chi connectivity index (χ2v) is 7.39. The number of fused-ring (bicyclic) bond motifs is 2. The first-order valence-electron chi connectivity index (χ1n) is 9.37. The van der Waals surface area contributed by atoms with Crippen LogP contribution in [0.1, 0.15) is 48.9 Å². The Labute approximate surface area is 155 Å². The zero-order valence-corrected chi connectivity index (χ0v) is 14.8. The predicted molar refractivity (Wildman–Crippen MR) is 102 cm³/mol. The molecule has 0 bridgehead atoms. The van der Waals surface area contributed by atoms with Crippen molar-refractivity contribution in [3.05, 3.63) is 71.7 Å². The second-order valence-electron chi connectivity index (χ2n) is 7.39. The van der Waals surface area contributed by atoms with Crippen molar-refractivity contribution in [1.82, 2.24) is 15.0 Å². The maximum absolute atomic E-state index is 13.7. The Hall–Kier alpha value is -2.82. The molecule has 27 heavy (non-hydrogen) atoms. The molecule has 5 rings (SSSR count). The first kappa shape index (κ1) is 16.4. The van der Waals surface area contributed by atoms with Crippen LogP contribution >= 0.6 is 0 Å². The lowest BCUT2D eigenvalue weighted by Crippen LogP contribution is -2.13. The highest BCUT2D eigenvalue weighted by Crippen LogP contribution is 2.41. The van der Waals surface area contributed by atoms with E-state index in [4.69, 9.17) is 0 Å². The summed E-state index contributed by atoms with van der Waals surface area (Å²) in [5.41, 5.74) is 3.59. The highest BCUT2D eigenvalue weighted by molar-refractivity contribution is 5.82. The van der Waals surface area contributed by atoms with E-state index in [0.717, 1.165) is 47.9 Å². The minimum absolute atomic E-state index is 0.222. The SMILES string of the molecule is Fc1ccc2[nH]c([C@H]3CC[C@H](c4ccnc5ccc(F)cc54)CC3)nc2c1. The van der Waals surface area contributed by atoms with E-state index in [2.05, 4.69) is 15.0 Å². The average Bonchev–Trinajstić information content (AvgIpc) is 3.11. The molecular formula is C22H19F2N3. The highest BCUT2D eigenvalue weighted by atomic mass is 19.1. The Balaban J connectivity index is 1.39. The van der Waals surface area contributed by atoms with Gasteiger partial charge in [0, 0.05) is 23.6 Å². The van der Waals surface area contributed by atoms with Crippen molar-refractivity contribution in [1.29, 1.82) is 0 Å². The van der Waals surface area contributed by atoms with E-state index >= 15 is 0 Å². The van der Waals surface area contributed by atoms with Gasteiger partial charge >= 0.3 is 0 Å². The fourth-order valence-corrected chi connectivity index (χ4v) is 4.37. The van der Waals surface area contributed by atoms with Crippen LogP contribution in [0.4, 0.5) is 8.78 Å². The molecule has 5 heteroatoms. The fraction of sp³-hybridized carbons (Fsp3) is 0.273. The molecule has 1 saturated carbocycles. The van der Waals surface area contributed by atoms with Crippen molar-refractivity contribution < 1.29 is 8.78 Å². The summed E-state index contributed by atoms with van der Waals surface area (Å²) in [6.45, 7) is 0. The normalized spacial score (nSPS) is 20.4. The molecule has 1 aliphatic carbocycles. The number of nitrogens with zero attached hydrogens (tertiary/aromatic N) is 2. The van der Waals surface area contributed by atoms with E-state index in [9.17, 15) is 8.78 Å². The summed E-state index contributed by atoms with van der Waals surface area (Å²) in [5, 5.41) is 0.917. The molecular weight excluding hydrogens is 344 g/mol. The van der Waals surface area contributed by atoms with E-state index in [1.165, 1.54) is 23.8 Å². The fourth-order valence-electron chi connectivity index (χ4n) is 4.37. The molecule has 0 saturated heterocycles. The van der Waals surface area contributed by atoms with Gasteiger partial charge < -0.3 is 4.98 Å². The van der Waals surface area contributed by atoms with Gasteiger partial charge in [-0.1, -0.05) is 0 Å². The first-order chi connectivity index (χ1) is 13.2. The summed E-state index contributed by atoms with van der Waals surface area (Å²) >= 11 is 0. The van der Waals surface area contributed by atoms with Gasteiger partial charge in [0.15, 0.2) is 0 Å². The van der Waals surface area contributed by atoms with Crippen molar-refractivity contribution in [2.24, 2.45) is 0 Å². The molecule has 136 valence electrons. The Bertz CT molecular complexity index is 1130. The third-order valence-corrected chi connectivity index (χ3v) is 5.75. The van der Waals surface area contributed by atoms with Gasteiger partial charge in [0.2, 0.25) is 0 Å². The molecule has 0 radical (unpaired) electrons. The van der Waals surface area contributed by atoms with Crippen LogP contribution in [0.25, 0.3) is 21.9 Å². The third kappa shape index (κ3) is 2.97. The molecule has 2 aromatic carbocycles. The molecule has 2 heterocycles. The van der Waals surface area contributed by atoms with Crippen LogP contribution < -0.4 is 0 Å². The number of hydrogen-bond donors (Lipinski definition) is 1. The minimum atomic E-state index is -0.263. The van der Waals surface area contributed by atoms with E-state index < -0.39 is 0 Å². The van der Waals surface area contributed by atoms with Crippen LogP contribution in [-0.4, -0.2) is 15.0 Å². The van der Waals surface area contributed by atoms with Crippen LogP contribution in [0.3, 0.4) is 0 Å². The molecule has 4 aromatic rings. The number of benzene rings is 2. The number of pyridine rings is 1. The van der Waals surface area contributed by atoms with Crippen LogP contribution in [0, 0.1) is 11.6 Å². The van der Waals surface area contributed by atoms with Gasteiger partial charge in [0.05, 0.1) is 16.6 Å². The molecule has 0 amide bonds. The number of halogens is 2. The Morgan fingerprint density at radius 3 is 2.41 bits per heavy atom. The molecule has 3 nitrogen and oxygen atoms in total. The first-order valence-corrected chi connectivity index (χ1v) is 9.37. The summed E-state index contributed by atoms with van der Waals surface area (Å²) in [7, 11) is 0. The topological polar surface area (TPSA) is 41.6 Å². The van der Waals surface area contributed by atoms with Crippen LogP contribution in [-0.2, 0) is 0 Å². The lowest BCUT2D eigenvalue weighted by Gasteiger charge is -2.28. The highest BCUT2D eigenvalue weighted by Gasteiger charge is 2.26. The quantitative estimate of drug-likeness (QED) is 0.487. The Morgan fingerprint density at radius 1 is 0.815 bits per heavy atom. The largest absolute Gasteiger partial charge is 0.342 e. The zero-order chi connectivity index (χ0) is 18.4. The number of H-pyrrole nitrogens is 1. The molecule has 1 aliphatic rings. The molecule has 1 N–H and O–H groups in total. The van der Waals surface area contributed by atoms with Gasteiger partial charge in [-0.25, -0.2) is 13.8 Å². The van der Waals surface area contributed by atoms with Gasteiger partial charge in [0.1, 0.15) is 17.5 Å². The van der Waals surface area contributed by atoms with Gasteiger partial charge in [-0.2, -0.15) is 0 Å². The lowest BCUT2D eigenvalue weighted by molar-refractivity contribution is 0.388. The molecule has 0 unspecified atom stereocenters. The summed E-state index contributed by atoms with van der Waals surface area (Å²) in [5.74, 6) is 1.21. The zero-order valence-electron chi connectivity index (χ0n) is 14.8. The van der Waals surface area contributed by atoms with E-state index in [1.54, 1.807) is 18.2 Å². The average molecular weight is 363 g/mol. The van der Waals surface area contributed by atoms with Crippen molar-refractivity contribution in [2.75, 3.05) is 0 Å². The van der Waals surface area contributed by atoms with Gasteiger partial charge in [-0.15, -0.1) is 0 Å². The summed E-state index contributed by atoms with van der Waals surface area (Å²) in [6.07, 6.45) is 5.87. The Kier molecular flexibility index (Phi) is 3.88. The van der Waals surface area contributed by atoms with Crippen LogP contribution in [0.5, 0.6) is 0 Å². The number of aromatic amines is 1. The molecule has 0 aliphatic heterocycles. The number of rotatable bonds is 2. The predicted octanol–water partition coefficient (Wildman–Crippen LogP) is 5.83. The summed E-state index contributed by atoms with van der Waals surface area (Å²) < 4.78 is 27.1. The third-order valence-electron chi connectivity index (χ3n) is 5.75. The monoisotopic (exact) mass is 363 g/mol. The van der Waals surface area contributed by atoms with Gasteiger partial charge in [0.25, 0.3) is 0 Å². The number of imidazole rings is 1. The van der Waals surface area contributed by atoms with Crippen LogP contribution in [0.15, 0.2) is 48.7 Å². The number of nitrogens with one attached hydrogen (secondary N) is 1. The van der Waals surface area contributed by atoms with Crippen molar-refractivity contribution in [3.8, 4) is 0 Å². The van der Waals surface area contributed by atoms with Crippen LogP contribution in [0.2, 0.25) is 0 Å². The Morgan fingerprint density at radius 2 is 1.56 bits per heavy atom.